The van der Waals surface area contributed by atoms with Crippen molar-refractivity contribution in [3.05, 3.63) is 68.8 Å². The zero-order valence-corrected chi connectivity index (χ0v) is 17.4. The van der Waals surface area contributed by atoms with Gasteiger partial charge < -0.3 is 10.1 Å². The lowest BCUT2D eigenvalue weighted by molar-refractivity contribution is -0.120. The van der Waals surface area contributed by atoms with Crippen LogP contribution in [0.4, 0.5) is 11.4 Å². The Morgan fingerprint density at radius 3 is 2.21 bits per heavy atom. The molecule has 0 unspecified atom stereocenters. The van der Waals surface area contributed by atoms with Gasteiger partial charge in [0.05, 0.1) is 17.9 Å². The van der Waals surface area contributed by atoms with Gasteiger partial charge in [-0.1, -0.05) is 41.7 Å². The number of nitrogens with zero attached hydrogens (tertiary/aromatic N) is 1. The van der Waals surface area contributed by atoms with Crippen molar-refractivity contribution < 1.29 is 19.1 Å². The molecule has 9 heteroatoms. The van der Waals surface area contributed by atoms with Gasteiger partial charge in [0, 0.05) is 15.7 Å². The molecule has 2 aromatic carbocycles. The number of carbonyl (C=O) groups is 3. The van der Waals surface area contributed by atoms with E-state index in [0.717, 1.165) is 11.3 Å². The van der Waals surface area contributed by atoms with E-state index in [1.807, 2.05) is 6.92 Å². The number of rotatable bonds is 6. The van der Waals surface area contributed by atoms with Crippen molar-refractivity contribution >= 4 is 64.0 Å². The fourth-order valence-electron chi connectivity index (χ4n) is 2.63. The summed E-state index contributed by atoms with van der Waals surface area (Å²) in [7, 11) is 0. The fraction of sp³-hybridized carbons (Fsp3) is 0.150. The van der Waals surface area contributed by atoms with E-state index in [0.29, 0.717) is 17.9 Å². The van der Waals surface area contributed by atoms with Crippen LogP contribution in [0, 0.1) is 0 Å². The number of benzene rings is 2. The van der Waals surface area contributed by atoms with Gasteiger partial charge in [-0.2, -0.15) is 0 Å². The average Bonchev–Trinajstić information content (AvgIpc) is 2.89. The number of hydrogen-bond acceptors (Lipinski definition) is 5. The largest absolute Gasteiger partial charge is 0.462 e. The van der Waals surface area contributed by atoms with Crippen LogP contribution < -0.4 is 10.2 Å². The highest BCUT2D eigenvalue weighted by Gasteiger charge is 2.39. The molecular weight excluding hydrogens is 439 g/mol. The lowest BCUT2D eigenvalue weighted by atomic mass is 10.2. The lowest BCUT2D eigenvalue weighted by Crippen LogP contribution is -2.32. The Kier molecular flexibility index (Phi) is 6.47. The number of esters is 1. The molecule has 0 fully saturated rings. The topological polar surface area (TPSA) is 75.7 Å². The van der Waals surface area contributed by atoms with E-state index in [9.17, 15) is 14.4 Å². The Morgan fingerprint density at radius 2 is 1.62 bits per heavy atom. The van der Waals surface area contributed by atoms with Crippen LogP contribution in [0.5, 0.6) is 0 Å². The normalized spacial score (nSPS) is 13.9. The first-order valence-electron chi connectivity index (χ1n) is 8.60. The number of anilines is 2. The average molecular weight is 454 g/mol. The van der Waals surface area contributed by atoms with E-state index in [1.165, 1.54) is 18.2 Å². The van der Waals surface area contributed by atoms with Gasteiger partial charge in [-0.3, -0.25) is 9.59 Å². The number of carbonyl (C=O) groups excluding carboxylic acids is 3. The van der Waals surface area contributed by atoms with Crippen molar-refractivity contribution in [3.8, 4) is 0 Å². The van der Waals surface area contributed by atoms with Crippen molar-refractivity contribution in [2.75, 3.05) is 16.8 Å². The van der Waals surface area contributed by atoms with Gasteiger partial charge in [-0.05, 0) is 48.9 Å². The maximum Gasteiger partial charge on any atom is 0.338 e. The first-order valence-corrected chi connectivity index (χ1v) is 9.74. The predicted octanol–water partition coefficient (Wildman–Crippen LogP) is 5.00. The van der Waals surface area contributed by atoms with Gasteiger partial charge in [-0.15, -0.1) is 0 Å². The summed E-state index contributed by atoms with van der Waals surface area (Å²) in [6, 6.07) is 10.6. The number of hydrogen-bond donors (Lipinski definition) is 1. The quantitative estimate of drug-likeness (QED) is 0.492. The van der Waals surface area contributed by atoms with Crippen molar-refractivity contribution in [1.29, 1.82) is 0 Å². The summed E-state index contributed by atoms with van der Waals surface area (Å²) >= 11 is 18.0. The molecule has 2 amide bonds. The molecule has 0 atom stereocenters. The summed E-state index contributed by atoms with van der Waals surface area (Å²) in [4.78, 5) is 38.0. The molecular formula is C20H15Cl3N2O4. The number of nitrogens with one attached hydrogen (secondary N) is 1. The number of ether oxygens (including phenoxy) is 1. The van der Waals surface area contributed by atoms with Crippen LogP contribution in [-0.2, 0) is 14.3 Å². The third kappa shape index (κ3) is 4.56. The van der Waals surface area contributed by atoms with Gasteiger partial charge in [0.25, 0.3) is 11.8 Å². The highest BCUT2D eigenvalue weighted by molar-refractivity contribution is 6.53. The molecule has 0 aliphatic carbocycles. The highest BCUT2D eigenvalue weighted by atomic mass is 35.5. The monoisotopic (exact) mass is 452 g/mol. The van der Waals surface area contributed by atoms with E-state index < -0.39 is 17.8 Å². The molecule has 2 aromatic rings. The Bertz CT molecular complexity index is 999. The first kappa shape index (κ1) is 21.2. The smallest absolute Gasteiger partial charge is 0.338 e. The van der Waals surface area contributed by atoms with Crippen LogP contribution in [0.1, 0.15) is 23.7 Å². The van der Waals surface area contributed by atoms with Crippen LogP contribution in [0.25, 0.3) is 0 Å². The molecule has 1 aliphatic rings. The van der Waals surface area contributed by atoms with Crippen molar-refractivity contribution in [3.63, 3.8) is 0 Å². The minimum atomic E-state index is -0.697. The maximum absolute atomic E-state index is 12.8. The summed E-state index contributed by atoms with van der Waals surface area (Å²) in [6.45, 7) is 2.24. The van der Waals surface area contributed by atoms with E-state index >= 15 is 0 Å². The third-order valence-electron chi connectivity index (χ3n) is 3.96. The second kappa shape index (κ2) is 8.86. The SMILES string of the molecule is CCCOC(=O)c1ccc(NC2=C(Cl)C(=O)N(c3cc(Cl)cc(Cl)c3)C2=O)cc1. The molecule has 0 saturated carbocycles. The molecule has 1 N–H and O–H groups in total. The third-order valence-corrected chi connectivity index (χ3v) is 4.75. The number of imide groups is 1. The van der Waals surface area contributed by atoms with Gasteiger partial charge in [0.1, 0.15) is 10.7 Å². The zero-order chi connectivity index (χ0) is 21.1. The Morgan fingerprint density at radius 1 is 1.00 bits per heavy atom. The number of amides is 2. The minimum absolute atomic E-state index is 0.0888. The second-order valence-corrected chi connectivity index (χ2v) is 7.35. The molecule has 0 saturated heterocycles. The van der Waals surface area contributed by atoms with Crippen molar-refractivity contribution in [1.82, 2.24) is 0 Å². The van der Waals surface area contributed by atoms with E-state index in [4.69, 9.17) is 39.5 Å². The van der Waals surface area contributed by atoms with Gasteiger partial charge in [-0.25, -0.2) is 9.69 Å². The molecule has 0 bridgehead atoms. The van der Waals surface area contributed by atoms with E-state index in [2.05, 4.69) is 5.32 Å². The van der Waals surface area contributed by atoms with Crippen LogP contribution in [-0.4, -0.2) is 24.4 Å². The summed E-state index contributed by atoms with van der Waals surface area (Å²) < 4.78 is 5.06. The standard InChI is InChI=1S/C20H15Cl3N2O4/c1-2-7-29-20(28)11-3-5-14(6-4-11)24-17-16(23)18(26)25(19(17)27)15-9-12(21)8-13(22)10-15/h3-6,8-10,24H,2,7H2,1H3. The van der Waals surface area contributed by atoms with Gasteiger partial charge in [0.2, 0.25) is 0 Å². The van der Waals surface area contributed by atoms with Crippen LogP contribution >= 0.6 is 34.8 Å². The highest BCUT2D eigenvalue weighted by Crippen LogP contribution is 2.33. The van der Waals surface area contributed by atoms with Gasteiger partial charge in [0.15, 0.2) is 0 Å². The minimum Gasteiger partial charge on any atom is -0.462 e. The summed E-state index contributed by atoms with van der Waals surface area (Å²) in [5, 5.41) is 3.11. The molecule has 6 nitrogen and oxygen atoms in total. The van der Waals surface area contributed by atoms with Crippen molar-refractivity contribution in [2.45, 2.75) is 13.3 Å². The van der Waals surface area contributed by atoms with Crippen LogP contribution in [0.2, 0.25) is 10.0 Å². The second-order valence-electron chi connectivity index (χ2n) is 6.10. The lowest BCUT2D eigenvalue weighted by Gasteiger charge is -2.16. The van der Waals surface area contributed by atoms with Crippen LogP contribution in [0.3, 0.4) is 0 Å². The van der Waals surface area contributed by atoms with E-state index in [-0.39, 0.29) is 26.5 Å². The molecule has 0 spiro atoms. The zero-order valence-electron chi connectivity index (χ0n) is 15.2. The molecule has 29 heavy (non-hydrogen) atoms. The Hall–Kier alpha value is -2.54. The van der Waals surface area contributed by atoms with Crippen LogP contribution in [0.15, 0.2) is 53.2 Å². The summed E-state index contributed by atoms with van der Waals surface area (Å²) in [5.74, 6) is -1.78. The maximum atomic E-state index is 12.8. The molecule has 150 valence electrons. The molecule has 3 rings (SSSR count). The Balaban J connectivity index is 1.80. The van der Waals surface area contributed by atoms with E-state index in [1.54, 1.807) is 24.3 Å². The summed E-state index contributed by atoms with van der Waals surface area (Å²) in [6.07, 6.45) is 0.725. The van der Waals surface area contributed by atoms with Crippen molar-refractivity contribution in [2.24, 2.45) is 0 Å². The summed E-state index contributed by atoms with van der Waals surface area (Å²) in [5.41, 5.74) is 0.959. The number of halogens is 3. The molecule has 1 heterocycles. The molecule has 0 aromatic heterocycles. The first-order chi connectivity index (χ1) is 13.8. The Labute approximate surface area is 182 Å². The van der Waals surface area contributed by atoms with Gasteiger partial charge >= 0.3 is 5.97 Å². The fourth-order valence-corrected chi connectivity index (χ4v) is 3.35. The predicted molar refractivity (Wildman–Crippen MR) is 112 cm³/mol. The molecule has 0 radical (unpaired) electrons. The molecule has 1 aliphatic heterocycles.